The normalized spacial score (nSPS) is 11.8. The van der Waals surface area contributed by atoms with Crippen molar-refractivity contribution in [3.63, 3.8) is 0 Å². The Morgan fingerprint density at radius 2 is 1.23 bits per heavy atom. The first-order valence-electron chi connectivity index (χ1n) is 11.7. The van der Waals surface area contributed by atoms with Gasteiger partial charge in [0.25, 0.3) is 0 Å². The first-order chi connectivity index (χ1) is 18.6. The summed E-state index contributed by atoms with van der Waals surface area (Å²) in [6, 6.07) is 23.1. The van der Waals surface area contributed by atoms with E-state index in [9.17, 15) is 22.8 Å². The molecule has 0 radical (unpaired) electrons. The summed E-state index contributed by atoms with van der Waals surface area (Å²) < 4.78 is 48.4. The average molecular weight is 544 g/mol. The molecule has 0 amide bonds. The molecule has 0 aliphatic carbocycles. The number of aliphatic carboxylic acids is 2. The van der Waals surface area contributed by atoms with E-state index < -0.39 is 23.7 Å². The van der Waals surface area contributed by atoms with Crippen LogP contribution in [0.5, 0.6) is 5.75 Å². The number of aliphatic hydroxyl groups excluding tert-OH is 1. The molecule has 0 aromatic heterocycles. The highest BCUT2D eigenvalue weighted by molar-refractivity contribution is 6.00. The molecule has 0 fully saturated rings. The predicted octanol–water partition coefficient (Wildman–Crippen LogP) is 4.88. The molecule has 0 unspecified atom stereocenters. The van der Waals surface area contributed by atoms with Crippen LogP contribution in [0.1, 0.15) is 16.7 Å². The van der Waals surface area contributed by atoms with Crippen LogP contribution in [0.25, 0.3) is 11.1 Å². The molecule has 7 nitrogen and oxygen atoms in total. The quantitative estimate of drug-likeness (QED) is 0.155. The first kappa shape index (κ1) is 30.8. The second-order valence-electron chi connectivity index (χ2n) is 7.84. The molecule has 206 valence electrons. The molecule has 3 aromatic carbocycles. The molecule has 3 rings (SSSR count). The summed E-state index contributed by atoms with van der Waals surface area (Å²) in [7, 11) is 0. The van der Waals surface area contributed by atoms with Crippen molar-refractivity contribution in [2.75, 3.05) is 26.3 Å². The Bertz CT molecular complexity index is 1230. The van der Waals surface area contributed by atoms with Crippen molar-refractivity contribution >= 4 is 23.1 Å². The molecule has 0 heterocycles. The van der Waals surface area contributed by atoms with Gasteiger partial charge in [-0.05, 0) is 28.8 Å². The third kappa shape index (κ3) is 10.8. The highest BCUT2D eigenvalue weighted by atomic mass is 19.4. The maximum absolute atomic E-state index is 14.3. The van der Waals surface area contributed by atoms with Crippen molar-refractivity contribution in [1.82, 2.24) is 5.32 Å². The molecule has 3 aromatic rings. The lowest BCUT2D eigenvalue weighted by molar-refractivity contribution is -0.134. The minimum Gasteiger partial charge on any atom is -0.492 e. The zero-order valence-corrected chi connectivity index (χ0v) is 20.8. The van der Waals surface area contributed by atoms with E-state index >= 15 is 0 Å². The Morgan fingerprint density at radius 1 is 0.744 bits per heavy atom. The number of carboxylic acid groups (broad SMARTS) is 2. The van der Waals surface area contributed by atoms with Gasteiger partial charge in [0.2, 0.25) is 0 Å². The summed E-state index contributed by atoms with van der Waals surface area (Å²) in [6.07, 6.45) is -3.43. The largest absolute Gasteiger partial charge is 0.492 e. The van der Waals surface area contributed by atoms with Gasteiger partial charge in [0, 0.05) is 30.8 Å². The molecule has 4 N–H and O–H groups in total. The smallest absolute Gasteiger partial charge is 0.417 e. The lowest BCUT2D eigenvalue weighted by Crippen LogP contribution is -2.23. The number of halogens is 3. The number of ether oxygens (including phenoxy) is 1. The molecule has 0 saturated carbocycles. The van der Waals surface area contributed by atoms with Crippen LogP contribution in [0.3, 0.4) is 0 Å². The zero-order chi connectivity index (χ0) is 28.7. The molecule has 0 atom stereocenters. The van der Waals surface area contributed by atoms with Gasteiger partial charge in [-0.25, -0.2) is 9.59 Å². The van der Waals surface area contributed by atoms with Gasteiger partial charge in [0.05, 0.1) is 12.2 Å². The van der Waals surface area contributed by atoms with Crippen molar-refractivity contribution < 1.29 is 42.8 Å². The van der Waals surface area contributed by atoms with Gasteiger partial charge in [-0.15, -0.1) is 0 Å². The Morgan fingerprint density at radius 3 is 1.69 bits per heavy atom. The third-order valence-electron chi connectivity index (χ3n) is 5.01. The molecular weight excluding hydrogens is 515 g/mol. The Hall–Kier alpha value is -4.41. The van der Waals surface area contributed by atoms with Crippen LogP contribution in [0.15, 0.2) is 97.1 Å². The van der Waals surface area contributed by atoms with E-state index in [4.69, 9.17) is 20.1 Å². The maximum atomic E-state index is 14.3. The fourth-order valence-electron chi connectivity index (χ4n) is 3.42. The van der Waals surface area contributed by atoms with Crippen molar-refractivity contribution in [1.29, 1.82) is 0 Å². The molecule has 39 heavy (non-hydrogen) atoms. The lowest BCUT2D eigenvalue weighted by atomic mass is 9.89. The number of hydrogen-bond acceptors (Lipinski definition) is 5. The number of hydrogen-bond donors (Lipinski definition) is 4. The van der Waals surface area contributed by atoms with Crippen LogP contribution in [-0.2, 0) is 9.59 Å². The number of alkyl halides is 3. The van der Waals surface area contributed by atoms with Gasteiger partial charge < -0.3 is 25.4 Å². The van der Waals surface area contributed by atoms with E-state index in [0.717, 1.165) is 0 Å². The Balaban J connectivity index is 0.000000580. The lowest BCUT2D eigenvalue weighted by Gasteiger charge is -2.20. The molecule has 10 heteroatoms. The van der Waals surface area contributed by atoms with E-state index in [2.05, 4.69) is 5.32 Å². The molecule has 0 aliphatic heterocycles. The van der Waals surface area contributed by atoms with E-state index in [-0.39, 0.29) is 17.7 Å². The van der Waals surface area contributed by atoms with Crippen molar-refractivity contribution in [2.24, 2.45) is 0 Å². The fourth-order valence-corrected chi connectivity index (χ4v) is 3.42. The standard InChI is InChI=1S/C25H24F3NO2.C4H4O4/c26-25(27,28)24(21-9-5-2-6-10-21)23(19-7-3-1-4-8-19)20-11-13-22(14-12-20)31-18-16-29-15-17-30;5-3(6)1-2-4(7)8/h1-14,29-30H,15-18H2;1-2H,(H,5,6)(H,7,8)/b24-23-;2-1+. The maximum Gasteiger partial charge on any atom is 0.417 e. The summed E-state index contributed by atoms with van der Waals surface area (Å²) in [5.41, 5.74) is 0.495. The van der Waals surface area contributed by atoms with Gasteiger partial charge in [-0.1, -0.05) is 72.8 Å². The SMILES string of the molecule is O=C(O)/C=C/C(=O)O.OCCNCCOc1ccc(/C(=C(/c2ccccc2)C(F)(F)F)c2ccccc2)cc1. The van der Waals surface area contributed by atoms with Crippen molar-refractivity contribution in [3.05, 3.63) is 114 Å². The van der Waals surface area contributed by atoms with Gasteiger partial charge >= 0.3 is 18.1 Å². The number of nitrogens with one attached hydrogen (secondary N) is 1. The summed E-state index contributed by atoms with van der Waals surface area (Å²) in [5, 5.41) is 27.4. The summed E-state index contributed by atoms with van der Waals surface area (Å²) in [6.45, 7) is 1.47. The van der Waals surface area contributed by atoms with E-state index in [1.165, 1.54) is 12.1 Å². The van der Waals surface area contributed by atoms with Gasteiger partial charge in [-0.3, -0.25) is 0 Å². The van der Waals surface area contributed by atoms with Gasteiger partial charge in [0.1, 0.15) is 12.4 Å². The monoisotopic (exact) mass is 543 g/mol. The second-order valence-corrected chi connectivity index (χ2v) is 7.84. The Kier molecular flexibility index (Phi) is 12.4. The van der Waals surface area contributed by atoms with E-state index in [0.29, 0.717) is 48.7 Å². The fraction of sp³-hybridized carbons (Fsp3) is 0.172. The minimum atomic E-state index is -4.54. The van der Waals surface area contributed by atoms with E-state index in [1.54, 1.807) is 72.8 Å². The molecule has 0 aliphatic rings. The number of benzene rings is 3. The van der Waals surface area contributed by atoms with Gasteiger partial charge in [-0.2, -0.15) is 13.2 Å². The number of carbonyl (C=O) groups is 2. The van der Waals surface area contributed by atoms with E-state index in [1.807, 2.05) is 0 Å². The predicted molar refractivity (Wildman–Crippen MR) is 141 cm³/mol. The number of rotatable bonds is 11. The molecular formula is C29H28F3NO6. The highest BCUT2D eigenvalue weighted by Gasteiger charge is 2.38. The number of aliphatic hydroxyl groups is 1. The number of carboxylic acids is 2. The second kappa shape index (κ2) is 15.8. The molecule has 0 spiro atoms. The highest BCUT2D eigenvalue weighted by Crippen LogP contribution is 2.42. The van der Waals surface area contributed by atoms with Crippen LogP contribution >= 0.6 is 0 Å². The summed E-state index contributed by atoms with van der Waals surface area (Å²) in [4.78, 5) is 19.1. The topological polar surface area (TPSA) is 116 Å². The van der Waals surface area contributed by atoms with Crippen LogP contribution in [0.2, 0.25) is 0 Å². The van der Waals surface area contributed by atoms with Crippen LogP contribution in [-0.4, -0.2) is 59.7 Å². The molecule has 0 bridgehead atoms. The zero-order valence-electron chi connectivity index (χ0n) is 20.8. The number of allylic oxidation sites excluding steroid dienone is 1. The average Bonchev–Trinajstić information content (AvgIpc) is 2.91. The summed E-state index contributed by atoms with van der Waals surface area (Å²) >= 11 is 0. The van der Waals surface area contributed by atoms with Crippen LogP contribution in [0.4, 0.5) is 13.2 Å². The van der Waals surface area contributed by atoms with Crippen molar-refractivity contribution in [3.8, 4) is 5.75 Å². The Labute approximate surface area is 223 Å². The van der Waals surface area contributed by atoms with Gasteiger partial charge in [0.15, 0.2) is 0 Å². The van der Waals surface area contributed by atoms with Crippen molar-refractivity contribution in [2.45, 2.75) is 6.18 Å². The summed E-state index contributed by atoms with van der Waals surface area (Å²) in [5.74, 6) is -1.95. The third-order valence-corrected chi connectivity index (χ3v) is 5.01. The first-order valence-corrected chi connectivity index (χ1v) is 11.7. The van der Waals surface area contributed by atoms with Crippen LogP contribution < -0.4 is 10.1 Å². The minimum absolute atomic E-state index is 0.0479. The molecule has 0 saturated heterocycles. The van der Waals surface area contributed by atoms with Crippen LogP contribution in [0, 0.1) is 0 Å².